The Balaban J connectivity index is 1.72. The summed E-state index contributed by atoms with van der Waals surface area (Å²) in [6, 6.07) is 2.88. The first-order chi connectivity index (χ1) is 16.6. The van der Waals surface area contributed by atoms with E-state index < -0.39 is 28.6 Å². The average molecular weight is 480 g/mol. The molecule has 5 atom stereocenters. The van der Waals surface area contributed by atoms with E-state index in [0.717, 1.165) is 36.0 Å². The first kappa shape index (κ1) is 24.3. The molecular weight excluding hydrogens is 444 g/mol. The van der Waals surface area contributed by atoms with E-state index in [0.29, 0.717) is 37.9 Å². The summed E-state index contributed by atoms with van der Waals surface area (Å²) < 4.78 is 31.6. The zero-order valence-corrected chi connectivity index (χ0v) is 21.2. The number of aliphatic hydroxyl groups is 1. The molecule has 2 fully saturated rings. The van der Waals surface area contributed by atoms with Crippen molar-refractivity contribution in [1.82, 2.24) is 0 Å². The third-order valence-corrected chi connectivity index (χ3v) is 9.55. The first-order valence-electron chi connectivity index (χ1n) is 13.0. The Labute approximate surface area is 207 Å². The van der Waals surface area contributed by atoms with Gasteiger partial charge in [0.05, 0.1) is 0 Å². The molecule has 0 saturated heterocycles. The third-order valence-electron chi connectivity index (χ3n) is 9.55. The molecule has 0 amide bonds. The lowest BCUT2D eigenvalue weighted by Crippen LogP contribution is -2.51. The van der Waals surface area contributed by atoms with Crippen LogP contribution in [-0.4, -0.2) is 30.1 Å². The topological polar surface area (TPSA) is 40.5 Å². The predicted molar refractivity (Wildman–Crippen MR) is 134 cm³/mol. The van der Waals surface area contributed by atoms with E-state index >= 15 is 8.78 Å². The van der Waals surface area contributed by atoms with Gasteiger partial charge in [0.1, 0.15) is 17.2 Å². The summed E-state index contributed by atoms with van der Waals surface area (Å²) in [5, 5.41) is 11.7. The molecule has 4 aliphatic carbocycles. The van der Waals surface area contributed by atoms with Gasteiger partial charge in [-0.3, -0.25) is 4.79 Å². The second kappa shape index (κ2) is 8.59. The summed E-state index contributed by atoms with van der Waals surface area (Å²) in [5.74, 6) is 4.91. The maximum absolute atomic E-state index is 15.8. The molecule has 0 spiro atoms. The van der Waals surface area contributed by atoms with E-state index in [-0.39, 0.29) is 23.2 Å². The maximum atomic E-state index is 15.8. The normalized spacial score (nSPS) is 33.9. The minimum absolute atomic E-state index is 0.0993. The number of halogens is 2. The van der Waals surface area contributed by atoms with E-state index in [1.54, 1.807) is 13.0 Å². The van der Waals surface area contributed by atoms with Crippen LogP contribution in [0.15, 0.2) is 34.9 Å². The summed E-state index contributed by atoms with van der Waals surface area (Å²) in [6.45, 7) is 6.40. The highest BCUT2D eigenvalue weighted by atomic mass is 19.1. The van der Waals surface area contributed by atoms with Crippen molar-refractivity contribution in [3.8, 4) is 11.8 Å². The highest BCUT2D eigenvalue weighted by Crippen LogP contribution is 2.67. The zero-order chi connectivity index (χ0) is 25.1. The molecule has 3 nitrogen and oxygen atoms in total. The van der Waals surface area contributed by atoms with E-state index in [1.807, 2.05) is 18.9 Å². The van der Waals surface area contributed by atoms with Crippen molar-refractivity contribution < 1.29 is 18.7 Å². The Morgan fingerprint density at radius 3 is 2.54 bits per heavy atom. The number of benzene rings is 1. The molecule has 5 heteroatoms. The van der Waals surface area contributed by atoms with Gasteiger partial charge in [-0.25, -0.2) is 8.78 Å². The molecule has 35 heavy (non-hydrogen) atoms. The number of allylic oxidation sites excluding steroid dienone is 4. The summed E-state index contributed by atoms with van der Waals surface area (Å²) >= 11 is 0. The summed E-state index contributed by atoms with van der Waals surface area (Å²) in [4.78, 5) is 14.0. The SMILES string of the molecule is CC#C[C@]1(O)CC[C@H]2[C@@H]3CCC4=CC(=O)CCC4=C3[C@@H](c3c(F)cc(N(C)CC)cc3F)C[C@@]21C. The fourth-order valence-corrected chi connectivity index (χ4v) is 7.64. The van der Waals surface area contributed by atoms with Gasteiger partial charge in [0, 0.05) is 42.6 Å². The molecule has 0 heterocycles. The van der Waals surface area contributed by atoms with Gasteiger partial charge < -0.3 is 10.0 Å². The Hall–Kier alpha value is -2.45. The Morgan fingerprint density at radius 1 is 1.17 bits per heavy atom. The largest absolute Gasteiger partial charge is 0.377 e. The number of rotatable bonds is 3. The molecule has 0 aliphatic heterocycles. The van der Waals surface area contributed by atoms with Gasteiger partial charge in [0.2, 0.25) is 0 Å². The van der Waals surface area contributed by atoms with Gasteiger partial charge in [-0.1, -0.05) is 18.4 Å². The molecule has 1 N–H and O–H groups in total. The number of ketones is 1. The monoisotopic (exact) mass is 479 g/mol. The average Bonchev–Trinajstić information content (AvgIpc) is 3.07. The van der Waals surface area contributed by atoms with E-state index in [4.69, 9.17) is 0 Å². The number of hydrogen-bond acceptors (Lipinski definition) is 3. The van der Waals surface area contributed by atoms with Crippen LogP contribution in [0.3, 0.4) is 0 Å². The maximum Gasteiger partial charge on any atom is 0.156 e. The summed E-state index contributed by atoms with van der Waals surface area (Å²) in [5.41, 5.74) is 2.17. The second-order valence-electron chi connectivity index (χ2n) is 11.1. The van der Waals surface area contributed by atoms with Gasteiger partial charge >= 0.3 is 0 Å². The zero-order valence-electron chi connectivity index (χ0n) is 21.2. The van der Waals surface area contributed by atoms with Crippen molar-refractivity contribution >= 4 is 11.5 Å². The van der Waals surface area contributed by atoms with Crippen LogP contribution in [0.2, 0.25) is 0 Å². The number of hydrogen-bond donors (Lipinski definition) is 1. The van der Waals surface area contributed by atoms with Crippen LogP contribution in [0.5, 0.6) is 0 Å². The minimum atomic E-state index is -1.17. The molecule has 0 bridgehead atoms. The molecule has 4 aliphatic rings. The van der Waals surface area contributed by atoms with E-state index in [2.05, 4.69) is 18.8 Å². The first-order valence-corrected chi connectivity index (χ1v) is 13.0. The van der Waals surface area contributed by atoms with Crippen molar-refractivity contribution in [1.29, 1.82) is 0 Å². The van der Waals surface area contributed by atoms with E-state index in [9.17, 15) is 9.90 Å². The van der Waals surface area contributed by atoms with E-state index in [1.165, 1.54) is 12.1 Å². The molecule has 1 aromatic carbocycles. The smallest absolute Gasteiger partial charge is 0.156 e. The molecule has 0 radical (unpaired) electrons. The fraction of sp³-hybridized carbons (Fsp3) is 0.567. The highest BCUT2D eigenvalue weighted by molar-refractivity contribution is 5.93. The van der Waals surface area contributed by atoms with Crippen LogP contribution in [0.25, 0.3) is 0 Å². The standard InChI is InChI=1S/C30H35F2NO2/c1-5-12-30(35)13-11-24-22-9-7-18-14-20(34)8-10-21(18)27(22)23(17-29(24,30)3)28-25(31)15-19(16-26(28)32)33(4)6-2/h14-16,22-24,35H,6-11,13,17H2,1-4H3/t22-,23-,24-,29-,30-/m0/s1. The van der Waals surface area contributed by atoms with Gasteiger partial charge in [0.15, 0.2) is 5.78 Å². The number of fused-ring (bicyclic) bond motifs is 4. The molecule has 186 valence electrons. The van der Waals surface area contributed by atoms with Crippen LogP contribution in [0.4, 0.5) is 14.5 Å². The summed E-state index contributed by atoms with van der Waals surface area (Å²) in [7, 11) is 1.82. The highest BCUT2D eigenvalue weighted by Gasteiger charge is 2.63. The summed E-state index contributed by atoms with van der Waals surface area (Å²) in [6.07, 6.45) is 6.34. The molecular formula is C30H35F2NO2. The predicted octanol–water partition coefficient (Wildman–Crippen LogP) is 6.07. The second-order valence-corrected chi connectivity index (χ2v) is 11.1. The lowest BCUT2D eigenvalue weighted by molar-refractivity contribution is -0.114. The van der Waals surface area contributed by atoms with Crippen LogP contribution in [-0.2, 0) is 4.79 Å². The number of carbonyl (C=O) groups excluding carboxylic acids is 1. The minimum Gasteiger partial charge on any atom is -0.377 e. The fourth-order valence-electron chi connectivity index (χ4n) is 7.64. The van der Waals surface area contributed by atoms with Crippen molar-refractivity contribution in [2.24, 2.45) is 17.3 Å². The van der Waals surface area contributed by atoms with Gasteiger partial charge in [-0.2, -0.15) is 0 Å². The Bertz CT molecular complexity index is 1180. The van der Waals surface area contributed by atoms with Crippen molar-refractivity contribution in [3.05, 3.63) is 52.1 Å². The molecule has 2 saturated carbocycles. The lowest BCUT2D eigenvalue weighted by Gasteiger charge is -2.53. The van der Waals surface area contributed by atoms with Crippen molar-refractivity contribution in [2.75, 3.05) is 18.5 Å². The van der Waals surface area contributed by atoms with Crippen molar-refractivity contribution in [3.63, 3.8) is 0 Å². The Morgan fingerprint density at radius 2 is 1.89 bits per heavy atom. The molecule has 5 rings (SSSR count). The van der Waals surface area contributed by atoms with Gasteiger partial charge in [-0.15, -0.1) is 5.92 Å². The molecule has 1 aromatic rings. The third kappa shape index (κ3) is 3.59. The van der Waals surface area contributed by atoms with Crippen LogP contribution >= 0.6 is 0 Å². The molecule has 0 unspecified atom stereocenters. The number of carbonyl (C=O) groups is 1. The van der Waals surface area contributed by atoms with Crippen LogP contribution in [0, 0.1) is 40.7 Å². The quantitative estimate of drug-likeness (QED) is 0.535. The van der Waals surface area contributed by atoms with Gasteiger partial charge in [-0.05, 0) is 93.6 Å². The number of nitrogens with zero attached hydrogens (tertiary/aromatic N) is 1. The Kier molecular flexibility index (Phi) is 5.95. The number of anilines is 1. The lowest BCUT2D eigenvalue weighted by atomic mass is 9.51. The van der Waals surface area contributed by atoms with Crippen LogP contribution < -0.4 is 4.90 Å². The van der Waals surface area contributed by atoms with Gasteiger partial charge in [0.25, 0.3) is 0 Å². The molecule has 0 aromatic heterocycles. The van der Waals surface area contributed by atoms with Crippen LogP contribution in [0.1, 0.15) is 77.2 Å². The van der Waals surface area contributed by atoms with Crippen molar-refractivity contribution in [2.45, 2.75) is 77.2 Å².